The number of hydrogen-bond donors (Lipinski definition) is 1. The number of ether oxygens (including phenoxy) is 1. The highest BCUT2D eigenvalue weighted by atomic mass is 79.9. The highest BCUT2D eigenvalue weighted by Crippen LogP contribution is 2.34. The van der Waals surface area contributed by atoms with Gasteiger partial charge in [0.05, 0.1) is 10.2 Å². The monoisotopic (exact) mass is 289 g/mol. The Morgan fingerprint density at radius 3 is 2.82 bits per heavy atom. The van der Waals surface area contributed by atoms with Crippen molar-refractivity contribution in [2.45, 2.75) is 0 Å². The number of anilines is 1. The summed E-state index contributed by atoms with van der Waals surface area (Å²) in [6.45, 7) is 0. The topological polar surface area (TPSA) is 71.9 Å². The zero-order valence-corrected chi connectivity index (χ0v) is 10.3. The summed E-state index contributed by atoms with van der Waals surface area (Å²) in [5.41, 5.74) is 6.64. The van der Waals surface area contributed by atoms with Crippen LogP contribution in [0.25, 0.3) is 0 Å². The van der Waals surface area contributed by atoms with Crippen LogP contribution in [0.5, 0.6) is 11.6 Å². The Balaban J connectivity index is 2.42. The van der Waals surface area contributed by atoms with Crippen molar-refractivity contribution in [2.24, 2.45) is 0 Å². The second kappa shape index (κ2) is 4.85. The lowest BCUT2D eigenvalue weighted by Gasteiger charge is -2.09. The molecular formula is C12H8BrN3O. The smallest absolute Gasteiger partial charge is 0.237 e. The lowest BCUT2D eigenvalue weighted by atomic mass is 10.3. The van der Waals surface area contributed by atoms with Crippen LogP contribution >= 0.6 is 15.9 Å². The van der Waals surface area contributed by atoms with Crippen molar-refractivity contribution < 1.29 is 4.74 Å². The van der Waals surface area contributed by atoms with Gasteiger partial charge in [-0.3, -0.25) is 0 Å². The molecule has 1 aromatic carbocycles. The largest absolute Gasteiger partial charge is 0.434 e. The minimum Gasteiger partial charge on any atom is -0.434 e. The van der Waals surface area contributed by atoms with Crippen molar-refractivity contribution in [1.82, 2.24) is 4.98 Å². The molecule has 0 atom stereocenters. The van der Waals surface area contributed by atoms with Crippen LogP contribution in [0.15, 0.2) is 41.0 Å². The normalized spacial score (nSPS) is 9.65. The molecule has 0 saturated heterocycles. The van der Waals surface area contributed by atoms with Gasteiger partial charge in [0.15, 0.2) is 5.75 Å². The van der Waals surface area contributed by atoms with E-state index in [1.807, 2.05) is 6.07 Å². The summed E-state index contributed by atoms with van der Waals surface area (Å²) in [7, 11) is 0. The molecule has 1 heterocycles. The van der Waals surface area contributed by atoms with Gasteiger partial charge in [0.1, 0.15) is 11.6 Å². The number of rotatable bonds is 2. The summed E-state index contributed by atoms with van der Waals surface area (Å²) in [6, 6.07) is 10.6. The Morgan fingerprint density at radius 1 is 1.29 bits per heavy atom. The second-order valence-electron chi connectivity index (χ2n) is 3.23. The van der Waals surface area contributed by atoms with Crippen LogP contribution in [-0.2, 0) is 0 Å². The predicted octanol–water partition coefficient (Wildman–Crippen LogP) is 3.09. The summed E-state index contributed by atoms with van der Waals surface area (Å²) in [4.78, 5) is 4.01. The van der Waals surface area contributed by atoms with E-state index in [-0.39, 0.29) is 5.88 Å². The molecule has 0 bridgehead atoms. The molecule has 0 fully saturated rings. The Bertz CT molecular complexity index is 572. The van der Waals surface area contributed by atoms with E-state index in [0.717, 1.165) is 0 Å². The Labute approximate surface area is 107 Å². The third kappa shape index (κ3) is 2.37. The summed E-state index contributed by atoms with van der Waals surface area (Å²) in [5, 5.41) is 8.92. The summed E-state index contributed by atoms with van der Waals surface area (Å²) >= 11 is 3.34. The second-order valence-corrected chi connectivity index (χ2v) is 4.08. The number of halogens is 1. The van der Waals surface area contributed by atoms with Crippen LogP contribution in [-0.4, -0.2) is 4.98 Å². The van der Waals surface area contributed by atoms with Crippen LogP contribution in [0.3, 0.4) is 0 Å². The fraction of sp³-hybridized carbons (Fsp3) is 0. The third-order valence-corrected chi connectivity index (χ3v) is 2.71. The van der Waals surface area contributed by atoms with E-state index in [1.165, 1.54) is 0 Å². The van der Waals surface area contributed by atoms with Crippen molar-refractivity contribution in [2.75, 3.05) is 5.73 Å². The molecule has 5 heteroatoms. The first-order valence-corrected chi connectivity index (χ1v) is 5.58. The third-order valence-electron chi connectivity index (χ3n) is 2.09. The van der Waals surface area contributed by atoms with E-state index >= 15 is 0 Å². The maximum Gasteiger partial charge on any atom is 0.237 e. The molecule has 17 heavy (non-hydrogen) atoms. The molecule has 2 N–H and O–H groups in total. The summed E-state index contributed by atoms with van der Waals surface area (Å²) in [5.74, 6) is 0.705. The van der Waals surface area contributed by atoms with Crippen molar-refractivity contribution in [3.63, 3.8) is 0 Å². The molecule has 0 aliphatic rings. The van der Waals surface area contributed by atoms with Gasteiger partial charge in [0.25, 0.3) is 0 Å². The lowest BCUT2D eigenvalue weighted by molar-refractivity contribution is 0.461. The number of nitrogens with zero attached hydrogens (tertiary/aromatic N) is 2. The fourth-order valence-electron chi connectivity index (χ4n) is 1.29. The number of nitrogen functional groups attached to an aromatic ring is 1. The Hall–Kier alpha value is -2.06. The zero-order chi connectivity index (χ0) is 12.3. The van der Waals surface area contributed by atoms with E-state index in [4.69, 9.17) is 15.7 Å². The molecule has 0 amide bonds. The Morgan fingerprint density at radius 2 is 2.12 bits per heavy atom. The van der Waals surface area contributed by atoms with Crippen molar-refractivity contribution in [3.05, 3.63) is 46.6 Å². The van der Waals surface area contributed by atoms with E-state index in [9.17, 15) is 0 Å². The average molecular weight is 290 g/mol. The number of nitrogens with two attached hydrogens (primary N) is 1. The first kappa shape index (κ1) is 11.4. The SMILES string of the molecule is N#Cc1cccnc1Oc1c(N)cccc1Br. The standard InChI is InChI=1S/C12H8BrN3O/c13-9-4-1-5-10(15)11(9)17-12-8(7-14)3-2-6-16-12/h1-6H,15H2. The zero-order valence-electron chi connectivity index (χ0n) is 8.72. The molecule has 2 aromatic rings. The number of nitriles is 1. The van der Waals surface area contributed by atoms with Gasteiger partial charge in [-0.25, -0.2) is 4.98 Å². The minimum absolute atomic E-state index is 0.244. The molecular weight excluding hydrogens is 282 g/mol. The molecule has 0 aliphatic heterocycles. The van der Waals surface area contributed by atoms with Gasteiger partial charge in [-0.05, 0) is 40.2 Å². The van der Waals surface area contributed by atoms with Crippen molar-refractivity contribution in [3.8, 4) is 17.7 Å². The van der Waals surface area contributed by atoms with Gasteiger partial charge < -0.3 is 10.5 Å². The van der Waals surface area contributed by atoms with Crippen LogP contribution in [0, 0.1) is 11.3 Å². The minimum atomic E-state index is 0.244. The molecule has 2 rings (SSSR count). The quantitative estimate of drug-likeness (QED) is 0.863. The molecule has 1 aromatic heterocycles. The van der Waals surface area contributed by atoms with Crippen molar-refractivity contribution >= 4 is 21.6 Å². The van der Waals surface area contributed by atoms with Gasteiger partial charge in [0, 0.05) is 6.20 Å². The van der Waals surface area contributed by atoms with Gasteiger partial charge in [-0.2, -0.15) is 5.26 Å². The van der Waals surface area contributed by atoms with E-state index < -0.39 is 0 Å². The maximum atomic E-state index is 8.92. The summed E-state index contributed by atoms with van der Waals surface area (Å²) in [6.07, 6.45) is 1.56. The fourth-order valence-corrected chi connectivity index (χ4v) is 1.75. The number of hydrogen-bond acceptors (Lipinski definition) is 4. The van der Waals surface area contributed by atoms with Gasteiger partial charge >= 0.3 is 0 Å². The maximum absolute atomic E-state index is 8.92. The molecule has 0 spiro atoms. The molecule has 0 saturated carbocycles. The number of benzene rings is 1. The van der Waals surface area contributed by atoms with E-state index in [0.29, 0.717) is 21.5 Å². The number of pyridine rings is 1. The summed E-state index contributed by atoms with van der Waals surface area (Å²) < 4.78 is 6.27. The molecule has 0 unspecified atom stereocenters. The van der Waals surface area contributed by atoms with Gasteiger partial charge in [-0.1, -0.05) is 6.07 Å². The van der Waals surface area contributed by atoms with Crippen LogP contribution in [0.1, 0.15) is 5.56 Å². The van der Waals surface area contributed by atoms with E-state index in [2.05, 4.69) is 20.9 Å². The van der Waals surface area contributed by atoms with Gasteiger partial charge in [0.2, 0.25) is 5.88 Å². The molecule has 84 valence electrons. The first-order chi connectivity index (χ1) is 8.22. The highest BCUT2D eigenvalue weighted by molar-refractivity contribution is 9.10. The molecule has 0 aliphatic carbocycles. The lowest BCUT2D eigenvalue weighted by Crippen LogP contribution is -1.96. The average Bonchev–Trinajstić information content (AvgIpc) is 2.34. The molecule has 0 radical (unpaired) electrons. The number of aromatic nitrogens is 1. The Kier molecular flexibility index (Phi) is 3.26. The van der Waals surface area contributed by atoms with Gasteiger partial charge in [-0.15, -0.1) is 0 Å². The molecule has 4 nitrogen and oxygen atoms in total. The van der Waals surface area contributed by atoms with E-state index in [1.54, 1.807) is 36.5 Å². The van der Waals surface area contributed by atoms with Crippen LogP contribution in [0.4, 0.5) is 5.69 Å². The predicted molar refractivity (Wildman–Crippen MR) is 67.6 cm³/mol. The highest BCUT2D eigenvalue weighted by Gasteiger charge is 2.10. The van der Waals surface area contributed by atoms with Crippen LogP contribution < -0.4 is 10.5 Å². The van der Waals surface area contributed by atoms with Crippen LogP contribution in [0.2, 0.25) is 0 Å². The number of para-hydroxylation sites is 1. The first-order valence-electron chi connectivity index (χ1n) is 4.79. The van der Waals surface area contributed by atoms with Crippen molar-refractivity contribution in [1.29, 1.82) is 5.26 Å².